The van der Waals surface area contributed by atoms with Crippen LogP contribution in [0.2, 0.25) is 0 Å². The molecule has 0 heterocycles. The normalized spacial score (nSPS) is 10.7. The van der Waals surface area contributed by atoms with Gasteiger partial charge in [-0.3, -0.25) is 0 Å². The third-order valence-electron chi connectivity index (χ3n) is 2.75. The summed E-state index contributed by atoms with van der Waals surface area (Å²) in [7, 11) is 0. The second-order valence-electron chi connectivity index (χ2n) is 4.48. The lowest BCUT2D eigenvalue weighted by atomic mass is 10.2. The van der Waals surface area contributed by atoms with Crippen LogP contribution in [0, 0.1) is 0 Å². The maximum absolute atomic E-state index is 12.0. The number of hydrogen-bond donors (Lipinski definition) is 2. The Morgan fingerprint density at radius 3 is 1.87 bits per heavy atom. The quantitative estimate of drug-likeness (QED) is 0.843. The van der Waals surface area contributed by atoms with Gasteiger partial charge in [-0.15, -0.1) is 13.2 Å². The molecule has 0 aliphatic heterocycles. The van der Waals surface area contributed by atoms with Gasteiger partial charge in [0.25, 0.3) is 0 Å². The lowest BCUT2D eigenvalue weighted by molar-refractivity contribution is -0.274. The standard InChI is InChI=1S/C16H13F3N2O2/c1-2-11-3-5-12(6-4-11)20-15(22)21-13-7-9-14(10-8-13)23-16(17,18)19/h2-10H,1H2,(H2,20,21,22). The highest BCUT2D eigenvalue weighted by Crippen LogP contribution is 2.24. The molecular weight excluding hydrogens is 309 g/mol. The summed E-state index contributed by atoms with van der Waals surface area (Å²) >= 11 is 0. The van der Waals surface area contributed by atoms with E-state index >= 15 is 0 Å². The molecule has 2 aromatic rings. The number of urea groups is 1. The summed E-state index contributed by atoms with van der Waals surface area (Å²) in [5.74, 6) is -0.358. The fourth-order valence-corrected chi connectivity index (χ4v) is 1.74. The fraction of sp³-hybridized carbons (Fsp3) is 0.0625. The molecule has 7 heteroatoms. The minimum absolute atomic E-state index is 0.333. The Balaban J connectivity index is 1.93. The number of carbonyl (C=O) groups excluding carboxylic acids is 1. The second kappa shape index (κ2) is 6.87. The van der Waals surface area contributed by atoms with Crippen molar-refractivity contribution in [3.8, 4) is 5.75 Å². The fourth-order valence-electron chi connectivity index (χ4n) is 1.74. The van der Waals surface area contributed by atoms with Crippen molar-refractivity contribution in [2.45, 2.75) is 6.36 Å². The van der Waals surface area contributed by atoms with Crippen LogP contribution in [0.3, 0.4) is 0 Å². The van der Waals surface area contributed by atoms with Crippen molar-refractivity contribution in [1.82, 2.24) is 0 Å². The third kappa shape index (κ3) is 5.39. The Labute approximate surface area is 130 Å². The molecule has 2 amide bonds. The molecule has 0 aliphatic rings. The Kier molecular flexibility index (Phi) is 4.90. The minimum Gasteiger partial charge on any atom is -0.406 e. The summed E-state index contributed by atoms with van der Waals surface area (Å²) in [4.78, 5) is 11.8. The molecule has 0 atom stereocenters. The summed E-state index contributed by atoms with van der Waals surface area (Å²) in [5.41, 5.74) is 1.82. The predicted molar refractivity (Wildman–Crippen MR) is 82.3 cm³/mol. The van der Waals surface area contributed by atoms with Crippen molar-refractivity contribution in [2.75, 3.05) is 10.6 Å². The predicted octanol–water partition coefficient (Wildman–Crippen LogP) is 4.87. The van der Waals surface area contributed by atoms with Gasteiger partial charge in [-0.1, -0.05) is 24.8 Å². The third-order valence-corrected chi connectivity index (χ3v) is 2.75. The first-order chi connectivity index (χ1) is 10.9. The molecule has 0 aliphatic carbocycles. The molecule has 2 N–H and O–H groups in total. The summed E-state index contributed by atoms with van der Waals surface area (Å²) in [5, 5.41) is 5.10. The molecule has 4 nitrogen and oxygen atoms in total. The second-order valence-corrected chi connectivity index (χ2v) is 4.48. The summed E-state index contributed by atoms with van der Waals surface area (Å²) < 4.78 is 39.9. The van der Waals surface area contributed by atoms with Crippen LogP contribution in [-0.2, 0) is 0 Å². The van der Waals surface area contributed by atoms with Crippen molar-refractivity contribution in [2.24, 2.45) is 0 Å². The number of halogens is 3. The van der Waals surface area contributed by atoms with Gasteiger partial charge in [-0.25, -0.2) is 4.79 Å². The highest BCUT2D eigenvalue weighted by atomic mass is 19.4. The van der Waals surface area contributed by atoms with E-state index in [0.29, 0.717) is 11.4 Å². The van der Waals surface area contributed by atoms with E-state index in [4.69, 9.17) is 0 Å². The van der Waals surface area contributed by atoms with E-state index < -0.39 is 12.4 Å². The first-order valence-electron chi connectivity index (χ1n) is 6.52. The zero-order valence-electron chi connectivity index (χ0n) is 11.9. The zero-order valence-corrected chi connectivity index (χ0v) is 11.9. The molecule has 120 valence electrons. The Morgan fingerprint density at radius 2 is 1.43 bits per heavy atom. The first-order valence-corrected chi connectivity index (χ1v) is 6.52. The average molecular weight is 322 g/mol. The molecule has 0 spiro atoms. The van der Waals surface area contributed by atoms with E-state index in [1.165, 1.54) is 12.1 Å². The average Bonchev–Trinajstić information content (AvgIpc) is 2.48. The van der Waals surface area contributed by atoms with Crippen LogP contribution in [0.15, 0.2) is 55.1 Å². The molecule has 0 aromatic heterocycles. The molecule has 0 unspecified atom stereocenters. The topological polar surface area (TPSA) is 50.4 Å². The van der Waals surface area contributed by atoms with E-state index in [2.05, 4.69) is 21.9 Å². The van der Waals surface area contributed by atoms with E-state index in [-0.39, 0.29) is 5.75 Å². The molecule has 0 bridgehead atoms. The van der Waals surface area contributed by atoms with Crippen LogP contribution < -0.4 is 15.4 Å². The molecule has 0 radical (unpaired) electrons. The smallest absolute Gasteiger partial charge is 0.406 e. The van der Waals surface area contributed by atoms with E-state index in [1.807, 2.05) is 0 Å². The maximum Gasteiger partial charge on any atom is 0.573 e. The van der Waals surface area contributed by atoms with Crippen molar-refractivity contribution in [3.63, 3.8) is 0 Å². The van der Waals surface area contributed by atoms with Gasteiger partial charge in [0.15, 0.2) is 0 Å². The van der Waals surface area contributed by atoms with Gasteiger partial charge in [-0.05, 0) is 42.0 Å². The van der Waals surface area contributed by atoms with Crippen LogP contribution in [0.25, 0.3) is 6.08 Å². The molecule has 0 saturated carbocycles. The summed E-state index contributed by atoms with van der Waals surface area (Å²) in [6.45, 7) is 3.63. The lowest BCUT2D eigenvalue weighted by Crippen LogP contribution is -2.19. The van der Waals surface area contributed by atoms with Crippen LogP contribution >= 0.6 is 0 Å². The molecule has 0 saturated heterocycles. The highest BCUT2D eigenvalue weighted by molar-refractivity contribution is 5.99. The maximum atomic E-state index is 12.0. The number of hydrogen-bond acceptors (Lipinski definition) is 2. The number of anilines is 2. The Bertz CT molecular complexity index is 680. The number of rotatable bonds is 4. The van der Waals surface area contributed by atoms with Gasteiger partial charge in [0, 0.05) is 11.4 Å². The van der Waals surface area contributed by atoms with Gasteiger partial charge in [0.1, 0.15) is 5.75 Å². The number of benzene rings is 2. The lowest BCUT2D eigenvalue weighted by Gasteiger charge is -2.10. The number of ether oxygens (including phenoxy) is 1. The highest BCUT2D eigenvalue weighted by Gasteiger charge is 2.30. The monoisotopic (exact) mass is 322 g/mol. The van der Waals surface area contributed by atoms with Crippen LogP contribution in [-0.4, -0.2) is 12.4 Å². The van der Waals surface area contributed by atoms with E-state index in [9.17, 15) is 18.0 Å². The van der Waals surface area contributed by atoms with Crippen LogP contribution in [0.5, 0.6) is 5.75 Å². The zero-order chi connectivity index (χ0) is 16.9. The largest absolute Gasteiger partial charge is 0.573 e. The summed E-state index contributed by atoms with van der Waals surface area (Å²) in [6, 6.07) is 11.3. The van der Waals surface area contributed by atoms with Crippen LogP contribution in [0.1, 0.15) is 5.56 Å². The van der Waals surface area contributed by atoms with Crippen LogP contribution in [0.4, 0.5) is 29.3 Å². The Hall–Kier alpha value is -2.96. The molecule has 0 fully saturated rings. The van der Waals surface area contributed by atoms with Crippen molar-refractivity contribution in [1.29, 1.82) is 0 Å². The van der Waals surface area contributed by atoms with E-state index in [0.717, 1.165) is 17.7 Å². The van der Waals surface area contributed by atoms with Gasteiger partial charge >= 0.3 is 12.4 Å². The van der Waals surface area contributed by atoms with Crippen molar-refractivity contribution >= 4 is 23.5 Å². The Morgan fingerprint density at radius 1 is 0.957 bits per heavy atom. The molecule has 2 rings (SSSR count). The van der Waals surface area contributed by atoms with Gasteiger partial charge in [0.2, 0.25) is 0 Å². The first kappa shape index (κ1) is 16.4. The number of alkyl halides is 3. The van der Waals surface area contributed by atoms with Gasteiger partial charge < -0.3 is 15.4 Å². The van der Waals surface area contributed by atoms with Crippen molar-refractivity contribution in [3.05, 3.63) is 60.7 Å². The summed E-state index contributed by atoms with van der Waals surface area (Å²) in [6.07, 6.45) is -3.07. The molecule has 2 aromatic carbocycles. The molecular formula is C16H13F3N2O2. The number of nitrogens with one attached hydrogen (secondary N) is 2. The number of amides is 2. The van der Waals surface area contributed by atoms with E-state index in [1.54, 1.807) is 30.3 Å². The molecule has 23 heavy (non-hydrogen) atoms. The number of carbonyl (C=O) groups is 1. The van der Waals surface area contributed by atoms with Crippen molar-refractivity contribution < 1.29 is 22.7 Å². The van der Waals surface area contributed by atoms with Gasteiger partial charge in [0.05, 0.1) is 0 Å². The van der Waals surface area contributed by atoms with Gasteiger partial charge in [-0.2, -0.15) is 0 Å². The minimum atomic E-state index is -4.75. The SMILES string of the molecule is C=Cc1ccc(NC(=O)Nc2ccc(OC(F)(F)F)cc2)cc1.